The van der Waals surface area contributed by atoms with Gasteiger partial charge in [-0.15, -0.1) is 0 Å². The van der Waals surface area contributed by atoms with Gasteiger partial charge in [0.05, 0.1) is 6.54 Å². The van der Waals surface area contributed by atoms with E-state index in [0.717, 1.165) is 18.4 Å². The van der Waals surface area contributed by atoms with E-state index in [2.05, 4.69) is 27.6 Å². The van der Waals surface area contributed by atoms with Gasteiger partial charge in [-0.25, -0.2) is 15.8 Å². The zero-order chi connectivity index (χ0) is 15.8. The molecule has 1 aromatic rings. The van der Waals surface area contributed by atoms with Crippen molar-refractivity contribution < 1.29 is 4.79 Å². The lowest BCUT2D eigenvalue weighted by molar-refractivity contribution is -0.128. The standard InChI is InChI=1S/C14H26N6O/c1-5-8-11-17-13(10(4)14(18-11)19-15)16-9-12(21)20(6-2)7-3/h5-9,15H2,1-4H3,(H2,16,17,18,19). The number of carbonyl (C=O) groups excluding carboxylic acids is 1. The molecule has 1 aromatic heterocycles. The Morgan fingerprint density at radius 2 is 1.81 bits per heavy atom. The number of amides is 1. The summed E-state index contributed by atoms with van der Waals surface area (Å²) in [6, 6.07) is 0. The van der Waals surface area contributed by atoms with Crippen LogP contribution in [-0.2, 0) is 11.2 Å². The number of carbonyl (C=O) groups is 1. The molecule has 0 aliphatic rings. The summed E-state index contributed by atoms with van der Waals surface area (Å²) in [6.07, 6.45) is 1.72. The molecular formula is C14H26N6O. The topological polar surface area (TPSA) is 96.2 Å². The minimum atomic E-state index is 0.0531. The monoisotopic (exact) mass is 294 g/mol. The van der Waals surface area contributed by atoms with E-state index in [9.17, 15) is 4.79 Å². The highest BCUT2D eigenvalue weighted by Crippen LogP contribution is 2.19. The molecule has 0 saturated carbocycles. The summed E-state index contributed by atoms with van der Waals surface area (Å²) in [5.41, 5.74) is 3.39. The second-order valence-electron chi connectivity index (χ2n) is 4.78. The Morgan fingerprint density at radius 1 is 1.19 bits per heavy atom. The van der Waals surface area contributed by atoms with E-state index in [-0.39, 0.29) is 12.5 Å². The number of anilines is 2. The summed E-state index contributed by atoms with van der Waals surface area (Å²) in [5, 5.41) is 3.10. The summed E-state index contributed by atoms with van der Waals surface area (Å²) in [4.78, 5) is 22.6. The van der Waals surface area contributed by atoms with Gasteiger partial charge in [-0.05, 0) is 27.2 Å². The van der Waals surface area contributed by atoms with Crippen LogP contribution in [0.2, 0.25) is 0 Å². The Kier molecular flexibility index (Phi) is 6.87. The van der Waals surface area contributed by atoms with E-state index in [1.54, 1.807) is 4.90 Å². The number of aromatic nitrogens is 2. The molecule has 0 unspecified atom stereocenters. The summed E-state index contributed by atoms with van der Waals surface area (Å²) >= 11 is 0. The number of nitrogens with one attached hydrogen (secondary N) is 2. The maximum absolute atomic E-state index is 12.0. The van der Waals surface area contributed by atoms with E-state index in [0.29, 0.717) is 30.5 Å². The lowest BCUT2D eigenvalue weighted by Gasteiger charge is -2.19. The summed E-state index contributed by atoms with van der Waals surface area (Å²) in [5.74, 6) is 7.50. The van der Waals surface area contributed by atoms with Crippen LogP contribution in [0.5, 0.6) is 0 Å². The number of rotatable bonds is 8. The third-order valence-corrected chi connectivity index (χ3v) is 3.33. The Hall–Kier alpha value is -1.89. The summed E-state index contributed by atoms with van der Waals surface area (Å²) < 4.78 is 0. The summed E-state index contributed by atoms with van der Waals surface area (Å²) in [6.45, 7) is 9.49. The van der Waals surface area contributed by atoms with E-state index >= 15 is 0 Å². The molecular weight excluding hydrogens is 268 g/mol. The summed E-state index contributed by atoms with van der Waals surface area (Å²) in [7, 11) is 0. The molecule has 21 heavy (non-hydrogen) atoms. The first-order chi connectivity index (χ1) is 10.1. The van der Waals surface area contributed by atoms with Crippen molar-refractivity contribution in [3.63, 3.8) is 0 Å². The predicted molar refractivity (Wildman–Crippen MR) is 85.0 cm³/mol. The average Bonchev–Trinajstić information content (AvgIpc) is 2.48. The van der Waals surface area contributed by atoms with Crippen LogP contribution in [0.1, 0.15) is 38.6 Å². The maximum Gasteiger partial charge on any atom is 0.241 e. The molecule has 0 saturated heterocycles. The molecule has 7 nitrogen and oxygen atoms in total. The van der Waals surface area contributed by atoms with Crippen molar-refractivity contribution in [1.82, 2.24) is 14.9 Å². The van der Waals surface area contributed by atoms with Crippen LogP contribution < -0.4 is 16.6 Å². The number of hydrogen-bond donors (Lipinski definition) is 3. The Labute approximate surface area is 126 Å². The fraction of sp³-hybridized carbons (Fsp3) is 0.643. The van der Waals surface area contributed by atoms with Gasteiger partial charge in [0, 0.05) is 25.1 Å². The lowest BCUT2D eigenvalue weighted by atomic mass is 10.2. The van der Waals surface area contributed by atoms with Gasteiger partial charge in [-0.2, -0.15) is 0 Å². The number of hydrogen-bond acceptors (Lipinski definition) is 6. The first-order valence-corrected chi connectivity index (χ1v) is 7.43. The first-order valence-electron chi connectivity index (χ1n) is 7.43. The molecule has 1 heterocycles. The molecule has 0 aromatic carbocycles. The molecule has 0 fully saturated rings. The average molecular weight is 294 g/mol. The molecule has 118 valence electrons. The van der Waals surface area contributed by atoms with Crippen LogP contribution in [0.4, 0.5) is 11.6 Å². The van der Waals surface area contributed by atoms with Crippen molar-refractivity contribution in [1.29, 1.82) is 0 Å². The Morgan fingerprint density at radius 3 is 2.33 bits per heavy atom. The van der Waals surface area contributed by atoms with E-state index in [1.807, 2.05) is 20.8 Å². The van der Waals surface area contributed by atoms with Gasteiger partial charge in [0.25, 0.3) is 0 Å². The van der Waals surface area contributed by atoms with Crippen molar-refractivity contribution in [3.05, 3.63) is 11.4 Å². The minimum absolute atomic E-state index is 0.0531. The third-order valence-electron chi connectivity index (χ3n) is 3.33. The normalized spacial score (nSPS) is 10.3. The van der Waals surface area contributed by atoms with Crippen LogP contribution in [0, 0.1) is 6.92 Å². The van der Waals surface area contributed by atoms with Gasteiger partial charge in [0.15, 0.2) is 0 Å². The number of hydrazine groups is 1. The van der Waals surface area contributed by atoms with Crippen LogP contribution in [-0.4, -0.2) is 40.4 Å². The highest BCUT2D eigenvalue weighted by molar-refractivity contribution is 5.81. The number of nitrogens with two attached hydrogens (primary N) is 1. The lowest BCUT2D eigenvalue weighted by Crippen LogP contribution is -2.35. The van der Waals surface area contributed by atoms with Crippen molar-refractivity contribution in [2.45, 2.75) is 40.5 Å². The SMILES string of the molecule is CCCc1nc(NN)c(C)c(NCC(=O)N(CC)CC)n1. The van der Waals surface area contributed by atoms with Crippen LogP contribution in [0.25, 0.3) is 0 Å². The van der Waals surface area contributed by atoms with Gasteiger partial charge in [-0.3, -0.25) is 4.79 Å². The molecule has 7 heteroatoms. The van der Waals surface area contributed by atoms with Gasteiger partial charge >= 0.3 is 0 Å². The molecule has 0 aliphatic carbocycles. The smallest absolute Gasteiger partial charge is 0.241 e. The fourth-order valence-electron chi connectivity index (χ4n) is 2.06. The predicted octanol–water partition coefficient (Wildman–Crippen LogP) is 1.30. The Balaban J connectivity index is 2.86. The van der Waals surface area contributed by atoms with Crippen LogP contribution in [0.15, 0.2) is 0 Å². The number of nitrogen functional groups attached to an aromatic ring is 1. The molecule has 0 radical (unpaired) electrons. The Bertz CT molecular complexity index is 473. The van der Waals surface area contributed by atoms with E-state index in [4.69, 9.17) is 5.84 Å². The molecule has 0 aliphatic heterocycles. The number of nitrogens with zero attached hydrogens (tertiary/aromatic N) is 3. The quantitative estimate of drug-likeness (QED) is 0.494. The largest absolute Gasteiger partial charge is 0.361 e. The van der Waals surface area contributed by atoms with Crippen LogP contribution >= 0.6 is 0 Å². The zero-order valence-corrected chi connectivity index (χ0v) is 13.4. The first kappa shape index (κ1) is 17.2. The second kappa shape index (κ2) is 8.41. The van der Waals surface area contributed by atoms with Gasteiger partial charge in [-0.1, -0.05) is 6.92 Å². The maximum atomic E-state index is 12.0. The molecule has 1 amide bonds. The van der Waals surface area contributed by atoms with Crippen molar-refractivity contribution >= 4 is 17.5 Å². The van der Waals surface area contributed by atoms with E-state index in [1.165, 1.54) is 0 Å². The van der Waals surface area contributed by atoms with Gasteiger partial charge in [0.1, 0.15) is 17.5 Å². The molecule has 1 rings (SSSR count). The highest BCUT2D eigenvalue weighted by Gasteiger charge is 2.13. The molecule has 0 bridgehead atoms. The highest BCUT2D eigenvalue weighted by atomic mass is 16.2. The van der Waals surface area contributed by atoms with Gasteiger partial charge in [0.2, 0.25) is 5.91 Å². The molecule has 0 atom stereocenters. The fourth-order valence-corrected chi connectivity index (χ4v) is 2.06. The molecule has 0 spiro atoms. The minimum Gasteiger partial charge on any atom is -0.361 e. The van der Waals surface area contributed by atoms with Crippen molar-refractivity contribution in [2.75, 3.05) is 30.4 Å². The number of likely N-dealkylation sites (N-methyl/N-ethyl adjacent to an activating group) is 1. The van der Waals surface area contributed by atoms with Crippen molar-refractivity contribution in [2.24, 2.45) is 5.84 Å². The van der Waals surface area contributed by atoms with Gasteiger partial charge < -0.3 is 15.6 Å². The van der Waals surface area contributed by atoms with E-state index < -0.39 is 0 Å². The molecule has 4 N–H and O–H groups in total. The van der Waals surface area contributed by atoms with Crippen molar-refractivity contribution in [3.8, 4) is 0 Å². The number of aryl methyl sites for hydroxylation is 1. The second-order valence-corrected chi connectivity index (χ2v) is 4.78. The third kappa shape index (κ3) is 4.56. The zero-order valence-electron chi connectivity index (χ0n) is 13.4. The van der Waals surface area contributed by atoms with Crippen LogP contribution in [0.3, 0.4) is 0 Å².